The highest BCUT2D eigenvalue weighted by molar-refractivity contribution is 7.17. The highest BCUT2D eigenvalue weighted by atomic mass is 32.1. The average Bonchev–Trinajstić information content (AvgIpc) is 3.46. The fraction of sp³-hybridized carbons (Fsp3) is 0.174. The summed E-state index contributed by atoms with van der Waals surface area (Å²) < 4.78 is 13.7. The van der Waals surface area contributed by atoms with E-state index in [1.165, 1.54) is 20.5 Å². The molecule has 0 atom stereocenters. The van der Waals surface area contributed by atoms with Crippen LogP contribution in [0.25, 0.3) is 10.2 Å². The van der Waals surface area contributed by atoms with E-state index >= 15 is 0 Å². The van der Waals surface area contributed by atoms with Crippen molar-refractivity contribution in [2.24, 2.45) is 0 Å². The first-order valence-electron chi connectivity index (χ1n) is 9.79. The maximum atomic E-state index is 13.2. The van der Waals surface area contributed by atoms with Crippen LogP contribution in [-0.2, 0) is 19.5 Å². The molecule has 7 nitrogen and oxygen atoms in total. The normalized spacial score (nSPS) is 12.4. The summed E-state index contributed by atoms with van der Waals surface area (Å²) >= 11 is 1.27. The molecular weight excluding hydrogens is 416 g/mol. The van der Waals surface area contributed by atoms with Gasteiger partial charge in [0.15, 0.2) is 17.3 Å². The molecule has 0 spiro atoms. The number of aromatic nitrogens is 2. The molecule has 0 N–H and O–H groups in total. The average molecular weight is 434 g/mol. The van der Waals surface area contributed by atoms with Crippen molar-refractivity contribution in [3.63, 3.8) is 0 Å². The minimum absolute atomic E-state index is 0.119. The number of rotatable bonds is 6. The van der Waals surface area contributed by atoms with Crippen molar-refractivity contribution in [3.8, 4) is 11.5 Å². The fourth-order valence-electron chi connectivity index (χ4n) is 3.67. The molecule has 0 unspecified atom stereocenters. The summed E-state index contributed by atoms with van der Waals surface area (Å²) in [6, 6.07) is 16.3. The number of aryl methyl sites for hydroxylation is 1. The third-order valence-corrected chi connectivity index (χ3v) is 6.19. The summed E-state index contributed by atoms with van der Waals surface area (Å²) in [4.78, 5) is 39.1. The molecule has 3 heterocycles. The van der Waals surface area contributed by atoms with E-state index in [4.69, 9.17) is 9.47 Å². The van der Waals surface area contributed by atoms with Crippen molar-refractivity contribution >= 4 is 27.3 Å². The Morgan fingerprint density at radius 3 is 2.61 bits per heavy atom. The lowest BCUT2D eigenvalue weighted by Crippen LogP contribution is -2.41. The molecule has 4 aromatic rings. The van der Waals surface area contributed by atoms with Crippen LogP contribution in [0.5, 0.6) is 11.5 Å². The Hall–Kier alpha value is -3.65. The number of hydrogen-bond acceptors (Lipinski definition) is 6. The van der Waals surface area contributed by atoms with Gasteiger partial charge in [-0.15, -0.1) is 11.3 Å². The standard InChI is InChI=1S/C23H18N2O5S/c26-18(16-6-7-19-20(12-16)30-14-29-19)13-25-17-9-11-31-21(17)22(27)24(23(25)28)10-8-15-4-2-1-3-5-15/h1-7,9,11-12H,8,10,13-14H2. The number of ether oxygens (including phenoxy) is 2. The summed E-state index contributed by atoms with van der Waals surface area (Å²) in [5, 5.41) is 1.76. The van der Waals surface area contributed by atoms with Gasteiger partial charge in [-0.25, -0.2) is 4.79 Å². The van der Waals surface area contributed by atoms with Gasteiger partial charge in [-0.05, 0) is 41.6 Å². The van der Waals surface area contributed by atoms with Crippen LogP contribution in [0.3, 0.4) is 0 Å². The first-order valence-corrected chi connectivity index (χ1v) is 10.7. The molecule has 0 saturated carbocycles. The first-order chi connectivity index (χ1) is 15.1. The van der Waals surface area contributed by atoms with E-state index in [0.717, 1.165) is 5.56 Å². The van der Waals surface area contributed by atoms with Crippen molar-refractivity contribution < 1.29 is 14.3 Å². The lowest BCUT2D eigenvalue weighted by atomic mass is 10.1. The van der Waals surface area contributed by atoms with Gasteiger partial charge in [0.05, 0.1) is 12.1 Å². The molecule has 2 aromatic heterocycles. The van der Waals surface area contributed by atoms with Crippen molar-refractivity contribution in [2.75, 3.05) is 6.79 Å². The molecule has 0 fully saturated rings. The molecule has 156 valence electrons. The molecule has 0 bridgehead atoms. The zero-order chi connectivity index (χ0) is 21.4. The van der Waals surface area contributed by atoms with Crippen LogP contribution < -0.4 is 20.7 Å². The quantitative estimate of drug-likeness (QED) is 0.436. The minimum Gasteiger partial charge on any atom is -0.454 e. The smallest absolute Gasteiger partial charge is 0.331 e. The molecule has 0 amide bonds. The van der Waals surface area contributed by atoms with Gasteiger partial charge in [0.25, 0.3) is 5.56 Å². The Morgan fingerprint density at radius 2 is 1.77 bits per heavy atom. The predicted molar refractivity (Wildman–Crippen MR) is 117 cm³/mol. The molecule has 1 aliphatic heterocycles. The molecule has 0 radical (unpaired) electrons. The molecule has 5 rings (SSSR count). The molecular formula is C23H18N2O5S. The number of carbonyl (C=O) groups is 1. The predicted octanol–water partition coefficient (Wildman–Crippen LogP) is 3.08. The highest BCUT2D eigenvalue weighted by Crippen LogP contribution is 2.32. The van der Waals surface area contributed by atoms with Crippen LogP contribution in [0.2, 0.25) is 0 Å². The number of hydrogen-bond donors (Lipinski definition) is 0. The topological polar surface area (TPSA) is 79.5 Å². The third-order valence-electron chi connectivity index (χ3n) is 5.30. The largest absolute Gasteiger partial charge is 0.454 e. The Kier molecular flexibility index (Phi) is 4.91. The van der Waals surface area contributed by atoms with E-state index in [-0.39, 0.29) is 31.2 Å². The monoisotopic (exact) mass is 434 g/mol. The Morgan fingerprint density at radius 1 is 0.968 bits per heavy atom. The Bertz CT molecular complexity index is 1400. The minimum atomic E-state index is -0.485. The van der Waals surface area contributed by atoms with Gasteiger partial charge >= 0.3 is 5.69 Å². The first kappa shape index (κ1) is 19.3. The number of ketones is 1. The molecule has 31 heavy (non-hydrogen) atoms. The van der Waals surface area contributed by atoms with E-state index in [9.17, 15) is 14.4 Å². The van der Waals surface area contributed by atoms with E-state index in [2.05, 4.69) is 0 Å². The summed E-state index contributed by atoms with van der Waals surface area (Å²) in [6.07, 6.45) is 0.545. The fourth-order valence-corrected chi connectivity index (χ4v) is 4.52. The number of fused-ring (bicyclic) bond motifs is 2. The molecule has 1 aliphatic rings. The van der Waals surface area contributed by atoms with Gasteiger partial charge in [0.2, 0.25) is 6.79 Å². The third kappa shape index (κ3) is 3.55. The summed E-state index contributed by atoms with van der Waals surface area (Å²) in [5.41, 5.74) is 1.12. The Balaban J connectivity index is 1.50. The van der Waals surface area contributed by atoms with Crippen LogP contribution in [0.1, 0.15) is 15.9 Å². The van der Waals surface area contributed by atoms with E-state index < -0.39 is 5.69 Å². The molecule has 8 heteroatoms. The van der Waals surface area contributed by atoms with Gasteiger partial charge in [0.1, 0.15) is 4.70 Å². The number of carbonyl (C=O) groups excluding carboxylic acids is 1. The van der Waals surface area contributed by atoms with Gasteiger partial charge in [-0.3, -0.25) is 18.7 Å². The zero-order valence-electron chi connectivity index (χ0n) is 16.4. The van der Waals surface area contributed by atoms with Crippen LogP contribution in [0.4, 0.5) is 0 Å². The summed E-state index contributed by atoms with van der Waals surface area (Å²) in [7, 11) is 0. The molecule has 2 aromatic carbocycles. The second kappa shape index (κ2) is 7.88. The van der Waals surface area contributed by atoms with Crippen molar-refractivity contribution in [3.05, 3.63) is 91.9 Å². The maximum Gasteiger partial charge on any atom is 0.331 e. The van der Waals surface area contributed by atoms with Crippen LogP contribution >= 0.6 is 11.3 Å². The number of Topliss-reactive ketones (excluding diaryl/α,β-unsaturated/α-hetero) is 1. The second-order valence-electron chi connectivity index (χ2n) is 7.19. The molecule has 0 saturated heterocycles. The van der Waals surface area contributed by atoms with E-state index in [1.807, 2.05) is 30.3 Å². The SMILES string of the molecule is O=C(Cn1c(=O)n(CCc2ccccc2)c(=O)c2sccc21)c1ccc2c(c1)OCO2. The van der Waals surface area contributed by atoms with Gasteiger partial charge < -0.3 is 9.47 Å². The van der Waals surface area contributed by atoms with Crippen LogP contribution in [0, 0.1) is 0 Å². The summed E-state index contributed by atoms with van der Waals surface area (Å²) in [5.74, 6) is 0.844. The lowest BCUT2D eigenvalue weighted by Gasteiger charge is -2.12. The number of thiophene rings is 1. The van der Waals surface area contributed by atoms with Gasteiger partial charge in [-0.2, -0.15) is 0 Å². The number of nitrogens with zero attached hydrogens (tertiary/aromatic N) is 2. The van der Waals surface area contributed by atoms with E-state index in [0.29, 0.717) is 33.7 Å². The highest BCUT2D eigenvalue weighted by Gasteiger charge is 2.20. The Labute approximate surface area is 180 Å². The summed E-state index contributed by atoms with van der Waals surface area (Å²) in [6.45, 7) is 0.194. The van der Waals surface area contributed by atoms with Gasteiger partial charge in [0, 0.05) is 12.1 Å². The molecule has 0 aliphatic carbocycles. The lowest BCUT2D eigenvalue weighted by molar-refractivity contribution is 0.0971. The van der Waals surface area contributed by atoms with Crippen molar-refractivity contribution in [2.45, 2.75) is 19.5 Å². The van der Waals surface area contributed by atoms with Gasteiger partial charge in [-0.1, -0.05) is 30.3 Å². The maximum absolute atomic E-state index is 13.2. The van der Waals surface area contributed by atoms with Crippen LogP contribution in [0.15, 0.2) is 69.6 Å². The number of benzene rings is 2. The second-order valence-corrected chi connectivity index (χ2v) is 8.10. The zero-order valence-corrected chi connectivity index (χ0v) is 17.3. The van der Waals surface area contributed by atoms with Crippen molar-refractivity contribution in [1.29, 1.82) is 0 Å². The van der Waals surface area contributed by atoms with E-state index in [1.54, 1.807) is 29.6 Å². The van der Waals surface area contributed by atoms with Crippen LogP contribution in [-0.4, -0.2) is 21.7 Å². The van der Waals surface area contributed by atoms with Crippen molar-refractivity contribution in [1.82, 2.24) is 9.13 Å².